The minimum Gasteiger partial charge on any atom is -0.384 e. The molecule has 0 radical (unpaired) electrons. The SMILES string of the molecule is CC1CCCC(SCc2ccccc2C(=N)N)C1. The molecule has 0 saturated heterocycles. The second kappa shape index (κ2) is 6.28. The molecule has 18 heavy (non-hydrogen) atoms. The van der Waals surface area contributed by atoms with Gasteiger partial charge < -0.3 is 5.73 Å². The molecule has 0 bridgehead atoms. The minimum atomic E-state index is 0.184. The van der Waals surface area contributed by atoms with Gasteiger partial charge in [0, 0.05) is 16.6 Å². The second-order valence-corrected chi connectivity index (χ2v) is 6.56. The summed E-state index contributed by atoms with van der Waals surface area (Å²) in [6.07, 6.45) is 5.44. The van der Waals surface area contributed by atoms with E-state index in [2.05, 4.69) is 13.0 Å². The Kier molecular flexibility index (Phi) is 4.70. The van der Waals surface area contributed by atoms with Gasteiger partial charge in [-0.25, -0.2) is 0 Å². The van der Waals surface area contributed by atoms with E-state index in [4.69, 9.17) is 11.1 Å². The second-order valence-electron chi connectivity index (χ2n) is 5.28. The van der Waals surface area contributed by atoms with Gasteiger partial charge in [0.2, 0.25) is 0 Å². The molecule has 2 unspecified atom stereocenters. The molecule has 0 amide bonds. The number of hydrogen-bond acceptors (Lipinski definition) is 2. The van der Waals surface area contributed by atoms with Crippen LogP contribution < -0.4 is 5.73 Å². The largest absolute Gasteiger partial charge is 0.384 e. The lowest BCUT2D eigenvalue weighted by Crippen LogP contribution is -2.16. The first-order valence-electron chi connectivity index (χ1n) is 6.70. The zero-order valence-electron chi connectivity index (χ0n) is 11.0. The first kappa shape index (κ1) is 13.5. The third-order valence-corrected chi connectivity index (χ3v) is 5.05. The Morgan fingerprint density at radius 2 is 2.17 bits per heavy atom. The van der Waals surface area contributed by atoms with Gasteiger partial charge in [0.15, 0.2) is 0 Å². The molecular formula is C15H22N2S. The van der Waals surface area contributed by atoms with Crippen molar-refractivity contribution < 1.29 is 0 Å². The number of hydrogen-bond donors (Lipinski definition) is 2. The van der Waals surface area contributed by atoms with Gasteiger partial charge in [0.1, 0.15) is 5.84 Å². The molecule has 1 saturated carbocycles. The molecule has 1 aromatic carbocycles. The third-order valence-electron chi connectivity index (χ3n) is 3.67. The number of rotatable bonds is 4. The van der Waals surface area contributed by atoms with Crippen molar-refractivity contribution in [2.75, 3.05) is 0 Å². The predicted octanol–water partition coefficient (Wildman–Crippen LogP) is 3.78. The smallest absolute Gasteiger partial charge is 0.123 e. The van der Waals surface area contributed by atoms with E-state index in [0.717, 1.165) is 22.5 Å². The van der Waals surface area contributed by atoms with Crippen molar-refractivity contribution in [3.05, 3.63) is 35.4 Å². The van der Waals surface area contributed by atoms with Crippen molar-refractivity contribution in [3.63, 3.8) is 0 Å². The Labute approximate surface area is 114 Å². The summed E-state index contributed by atoms with van der Waals surface area (Å²) in [4.78, 5) is 0. The van der Waals surface area contributed by atoms with Gasteiger partial charge >= 0.3 is 0 Å². The molecule has 3 N–H and O–H groups in total. The van der Waals surface area contributed by atoms with E-state index in [1.165, 1.54) is 31.2 Å². The standard InChI is InChI=1S/C15H22N2S/c1-11-5-4-7-13(9-11)18-10-12-6-2-3-8-14(12)15(16)17/h2-3,6,8,11,13H,4-5,7,9-10H2,1H3,(H3,16,17). The summed E-state index contributed by atoms with van der Waals surface area (Å²) < 4.78 is 0. The number of amidine groups is 1. The van der Waals surface area contributed by atoms with E-state index >= 15 is 0 Å². The number of nitrogens with one attached hydrogen (secondary N) is 1. The van der Waals surface area contributed by atoms with E-state index in [0.29, 0.717) is 0 Å². The van der Waals surface area contributed by atoms with Crippen LogP contribution in [0.25, 0.3) is 0 Å². The summed E-state index contributed by atoms with van der Waals surface area (Å²) in [6, 6.07) is 8.02. The molecule has 2 rings (SSSR count). The maximum Gasteiger partial charge on any atom is 0.123 e. The lowest BCUT2D eigenvalue weighted by atomic mass is 9.91. The van der Waals surface area contributed by atoms with Gasteiger partial charge in [-0.3, -0.25) is 5.41 Å². The van der Waals surface area contributed by atoms with E-state index in [1.54, 1.807) is 0 Å². The third kappa shape index (κ3) is 3.52. The molecule has 2 nitrogen and oxygen atoms in total. The van der Waals surface area contributed by atoms with Crippen LogP contribution in [0.15, 0.2) is 24.3 Å². The van der Waals surface area contributed by atoms with Gasteiger partial charge in [0.25, 0.3) is 0 Å². The average molecular weight is 262 g/mol. The zero-order chi connectivity index (χ0) is 13.0. The molecule has 2 atom stereocenters. The van der Waals surface area contributed by atoms with Crippen LogP contribution in [0.5, 0.6) is 0 Å². The fourth-order valence-corrected chi connectivity index (χ4v) is 4.11. The number of thioether (sulfide) groups is 1. The van der Waals surface area contributed by atoms with Crippen LogP contribution in [0.3, 0.4) is 0 Å². The van der Waals surface area contributed by atoms with Crippen molar-refractivity contribution in [3.8, 4) is 0 Å². The van der Waals surface area contributed by atoms with Crippen LogP contribution in [0.4, 0.5) is 0 Å². The highest BCUT2D eigenvalue weighted by Gasteiger charge is 2.19. The molecule has 1 fully saturated rings. The maximum absolute atomic E-state index is 7.60. The zero-order valence-corrected chi connectivity index (χ0v) is 11.8. The van der Waals surface area contributed by atoms with Crippen LogP contribution in [-0.2, 0) is 5.75 Å². The lowest BCUT2D eigenvalue weighted by molar-refractivity contribution is 0.394. The van der Waals surface area contributed by atoms with Crippen LogP contribution in [0, 0.1) is 11.3 Å². The Morgan fingerprint density at radius 3 is 2.89 bits per heavy atom. The Morgan fingerprint density at radius 1 is 1.39 bits per heavy atom. The fraction of sp³-hybridized carbons (Fsp3) is 0.533. The Hall–Kier alpha value is -0.960. The van der Waals surface area contributed by atoms with Gasteiger partial charge in [0.05, 0.1) is 0 Å². The summed E-state index contributed by atoms with van der Waals surface area (Å²) >= 11 is 2.03. The highest BCUT2D eigenvalue weighted by atomic mass is 32.2. The summed E-state index contributed by atoms with van der Waals surface area (Å²) in [5.41, 5.74) is 7.72. The molecular weight excluding hydrogens is 240 g/mol. The Bertz CT molecular complexity index is 417. The van der Waals surface area contributed by atoms with Crippen molar-refractivity contribution >= 4 is 17.6 Å². The molecule has 98 valence electrons. The molecule has 3 heteroatoms. The summed E-state index contributed by atoms with van der Waals surface area (Å²) in [6.45, 7) is 2.36. The molecule has 1 aromatic rings. The minimum absolute atomic E-state index is 0.184. The van der Waals surface area contributed by atoms with Gasteiger partial charge in [-0.05, 0) is 24.3 Å². The average Bonchev–Trinajstić information content (AvgIpc) is 2.37. The quantitative estimate of drug-likeness (QED) is 0.641. The van der Waals surface area contributed by atoms with E-state index < -0.39 is 0 Å². The van der Waals surface area contributed by atoms with Crippen LogP contribution in [0.1, 0.15) is 43.7 Å². The van der Waals surface area contributed by atoms with Crippen LogP contribution in [0.2, 0.25) is 0 Å². The predicted molar refractivity (Wildman–Crippen MR) is 80.2 cm³/mol. The van der Waals surface area contributed by atoms with Crippen molar-refractivity contribution in [2.24, 2.45) is 11.7 Å². The topological polar surface area (TPSA) is 49.9 Å². The van der Waals surface area contributed by atoms with Crippen molar-refractivity contribution in [2.45, 2.75) is 43.6 Å². The van der Waals surface area contributed by atoms with Crippen LogP contribution in [-0.4, -0.2) is 11.1 Å². The normalized spacial score (nSPS) is 23.8. The van der Waals surface area contributed by atoms with E-state index in [9.17, 15) is 0 Å². The van der Waals surface area contributed by atoms with Crippen molar-refractivity contribution in [1.82, 2.24) is 0 Å². The van der Waals surface area contributed by atoms with Crippen LogP contribution >= 0.6 is 11.8 Å². The number of nitrogen functional groups attached to an aromatic ring is 1. The molecule has 0 spiro atoms. The molecule has 1 aliphatic carbocycles. The highest BCUT2D eigenvalue weighted by Crippen LogP contribution is 2.33. The molecule has 0 heterocycles. The van der Waals surface area contributed by atoms with E-state index in [1.807, 2.05) is 30.0 Å². The monoisotopic (exact) mass is 262 g/mol. The molecule has 1 aliphatic rings. The molecule has 0 aromatic heterocycles. The summed E-state index contributed by atoms with van der Waals surface area (Å²) in [7, 11) is 0. The molecule has 0 aliphatic heterocycles. The van der Waals surface area contributed by atoms with Crippen molar-refractivity contribution in [1.29, 1.82) is 5.41 Å². The van der Waals surface area contributed by atoms with E-state index in [-0.39, 0.29) is 5.84 Å². The first-order valence-corrected chi connectivity index (χ1v) is 7.75. The first-order chi connectivity index (χ1) is 8.66. The van der Waals surface area contributed by atoms with Gasteiger partial charge in [-0.1, -0.05) is 44.0 Å². The summed E-state index contributed by atoms with van der Waals surface area (Å²) in [5.74, 6) is 2.04. The Balaban J connectivity index is 1.95. The summed E-state index contributed by atoms with van der Waals surface area (Å²) in [5, 5.41) is 8.39. The lowest BCUT2D eigenvalue weighted by Gasteiger charge is -2.26. The number of nitrogens with two attached hydrogens (primary N) is 1. The van der Waals surface area contributed by atoms with Gasteiger partial charge in [-0.15, -0.1) is 0 Å². The highest BCUT2D eigenvalue weighted by molar-refractivity contribution is 7.99. The van der Waals surface area contributed by atoms with Gasteiger partial charge in [-0.2, -0.15) is 11.8 Å². The number of benzene rings is 1. The fourth-order valence-electron chi connectivity index (χ4n) is 2.65. The maximum atomic E-state index is 7.60.